The highest BCUT2D eigenvalue weighted by Crippen LogP contribution is 2.30. The number of hydrogen-bond acceptors (Lipinski definition) is 6. The fraction of sp³-hybridized carbons (Fsp3) is 0.250. The largest absolute Gasteiger partial charge is 0.481 e. The normalized spacial score (nSPS) is 13.7. The number of likely N-dealkylation sites (tertiary alicyclic amines) is 1. The molecule has 2 amide bonds. The number of hydrogen-bond donors (Lipinski definition) is 1. The molecule has 2 aromatic heterocycles. The fourth-order valence-electron chi connectivity index (χ4n) is 3.41. The van der Waals surface area contributed by atoms with Crippen LogP contribution in [0.1, 0.15) is 39.8 Å². The minimum Gasteiger partial charge on any atom is -0.481 e. The third-order valence-corrected chi connectivity index (χ3v) is 6.18. The van der Waals surface area contributed by atoms with Gasteiger partial charge in [-0.2, -0.15) is 0 Å². The summed E-state index contributed by atoms with van der Waals surface area (Å²) in [6, 6.07) is 12.9. The molecule has 0 atom stereocenters. The van der Waals surface area contributed by atoms with E-state index in [1.165, 1.54) is 24.6 Å². The van der Waals surface area contributed by atoms with Crippen LogP contribution in [0.25, 0.3) is 0 Å². The number of anilines is 1. The lowest BCUT2D eigenvalue weighted by molar-refractivity contribution is -0.126. The Morgan fingerprint density at radius 2 is 1.94 bits per heavy atom. The Hall–Kier alpha value is -3.70. The molecule has 4 rings (SSSR count). The molecule has 1 N–H and O–H groups in total. The van der Waals surface area contributed by atoms with E-state index in [4.69, 9.17) is 4.74 Å². The van der Waals surface area contributed by atoms with Crippen molar-refractivity contribution in [2.75, 3.05) is 25.5 Å². The van der Waals surface area contributed by atoms with E-state index in [2.05, 4.69) is 27.1 Å². The quantitative estimate of drug-likeness (QED) is 0.620. The first kappa shape index (κ1) is 21.5. The highest BCUT2D eigenvalue weighted by atomic mass is 32.1. The Balaban J connectivity index is 1.31. The van der Waals surface area contributed by atoms with Crippen molar-refractivity contribution in [3.8, 4) is 17.7 Å². The highest BCUT2D eigenvalue weighted by molar-refractivity contribution is 7.10. The minimum atomic E-state index is -0.275. The second-order valence-corrected chi connectivity index (χ2v) is 8.19. The Morgan fingerprint density at radius 1 is 1.16 bits per heavy atom. The number of benzene rings is 1. The monoisotopic (exact) mass is 446 g/mol. The number of thiazole rings is 1. The minimum absolute atomic E-state index is 0.153. The average molecular weight is 447 g/mol. The lowest BCUT2D eigenvalue weighted by atomic mass is 9.97. The predicted octanol–water partition coefficient (Wildman–Crippen LogP) is 3.56. The third-order valence-electron chi connectivity index (χ3n) is 5.18. The summed E-state index contributed by atoms with van der Waals surface area (Å²) in [5.41, 5.74) is 1.79. The second kappa shape index (κ2) is 10.1. The van der Waals surface area contributed by atoms with Crippen molar-refractivity contribution in [2.24, 2.45) is 0 Å². The maximum absolute atomic E-state index is 12.5. The Bertz CT molecular complexity index is 1140. The predicted molar refractivity (Wildman–Crippen MR) is 123 cm³/mol. The molecule has 1 aliphatic heterocycles. The van der Waals surface area contributed by atoms with Crippen LogP contribution in [0.2, 0.25) is 0 Å². The first-order valence-corrected chi connectivity index (χ1v) is 11.1. The van der Waals surface area contributed by atoms with Crippen molar-refractivity contribution in [1.82, 2.24) is 14.9 Å². The molecule has 7 nitrogen and oxygen atoms in total. The molecule has 1 saturated heterocycles. The molecule has 0 unspecified atom stereocenters. The number of nitrogens with zero attached hydrogens (tertiary/aromatic N) is 3. The zero-order valence-corrected chi connectivity index (χ0v) is 18.4. The SMILES string of the molecule is COc1ccc(NC(=O)c2csc(C3CCN(C(=O)C#Cc4ccccc4)CC3)n2)cn1. The van der Waals surface area contributed by atoms with Crippen LogP contribution >= 0.6 is 11.3 Å². The number of pyridine rings is 1. The molecule has 1 aromatic carbocycles. The van der Waals surface area contributed by atoms with Gasteiger partial charge < -0.3 is 15.0 Å². The summed E-state index contributed by atoms with van der Waals surface area (Å²) >= 11 is 1.48. The van der Waals surface area contributed by atoms with Crippen molar-refractivity contribution in [3.63, 3.8) is 0 Å². The van der Waals surface area contributed by atoms with Crippen LogP contribution in [0, 0.1) is 11.8 Å². The number of ether oxygens (including phenoxy) is 1. The molecule has 0 bridgehead atoms. The molecular weight excluding hydrogens is 424 g/mol. The number of methoxy groups -OCH3 is 1. The topological polar surface area (TPSA) is 84.4 Å². The molecule has 0 radical (unpaired) electrons. The average Bonchev–Trinajstić information content (AvgIpc) is 3.34. The van der Waals surface area contributed by atoms with Gasteiger partial charge in [0.05, 0.1) is 24.0 Å². The van der Waals surface area contributed by atoms with Crippen LogP contribution in [-0.2, 0) is 4.79 Å². The molecule has 3 aromatic rings. The lowest BCUT2D eigenvalue weighted by Gasteiger charge is -2.29. The number of rotatable bonds is 4. The smallest absolute Gasteiger partial charge is 0.298 e. The summed E-state index contributed by atoms with van der Waals surface area (Å²) in [5.74, 6) is 5.94. The van der Waals surface area contributed by atoms with E-state index in [-0.39, 0.29) is 17.7 Å². The standard InChI is InChI=1S/C24H22N4O3S/c1-31-21-9-8-19(15-25-21)26-23(30)20-16-32-24(27-20)18-11-13-28(14-12-18)22(29)10-7-17-5-3-2-4-6-17/h2-6,8-9,15-16,18H,11-14H2,1H3,(H,26,30). The zero-order valence-electron chi connectivity index (χ0n) is 17.6. The summed E-state index contributed by atoms with van der Waals surface area (Å²) in [6.07, 6.45) is 3.14. The molecule has 0 aliphatic carbocycles. The van der Waals surface area contributed by atoms with Crippen LogP contribution in [0.15, 0.2) is 54.0 Å². The summed E-state index contributed by atoms with van der Waals surface area (Å²) < 4.78 is 5.02. The molecule has 0 saturated carbocycles. The fourth-order valence-corrected chi connectivity index (χ4v) is 4.38. The number of carbonyl (C=O) groups excluding carboxylic acids is 2. The Kier molecular flexibility index (Phi) is 6.78. The van der Waals surface area contributed by atoms with Crippen molar-refractivity contribution in [3.05, 3.63) is 70.3 Å². The Morgan fingerprint density at radius 3 is 2.62 bits per heavy atom. The molecular formula is C24H22N4O3S. The van der Waals surface area contributed by atoms with Gasteiger partial charge in [-0.1, -0.05) is 24.1 Å². The van der Waals surface area contributed by atoms with Crippen LogP contribution < -0.4 is 10.1 Å². The lowest BCUT2D eigenvalue weighted by Crippen LogP contribution is -2.37. The number of aromatic nitrogens is 2. The van der Waals surface area contributed by atoms with Gasteiger partial charge in [-0.3, -0.25) is 9.59 Å². The molecule has 1 aliphatic rings. The van der Waals surface area contributed by atoms with Gasteiger partial charge in [-0.25, -0.2) is 9.97 Å². The van der Waals surface area contributed by atoms with Gasteiger partial charge in [0.25, 0.3) is 11.8 Å². The van der Waals surface area contributed by atoms with Crippen LogP contribution in [0.5, 0.6) is 5.88 Å². The number of amides is 2. The van der Waals surface area contributed by atoms with Crippen molar-refractivity contribution >= 4 is 28.8 Å². The first-order chi connectivity index (χ1) is 15.6. The van der Waals surface area contributed by atoms with Gasteiger partial charge in [0, 0.05) is 41.9 Å². The van der Waals surface area contributed by atoms with Gasteiger partial charge in [0.2, 0.25) is 5.88 Å². The maximum atomic E-state index is 12.5. The van der Waals surface area contributed by atoms with Crippen LogP contribution in [-0.4, -0.2) is 46.9 Å². The van der Waals surface area contributed by atoms with Crippen molar-refractivity contribution in [2.45, 2.75) is 18.8 Å². The van der Waals surface area contributed by atoms with Gasteiger partial charge in [-0.05, 0) is 31.0 Å². The van der Waals surface area contributed by atoms with Crippen molar-refractivity contribution < 1.29 is 14.3 Å². The summed E-state index contributed by atoms with van der Waals surface area (Å²) in [5, 5.41) is 5.48. The maximum Gasteiger partial charge on any atom is 0.298 e. The van der Waals surface area contributed by atoms with Crippen LogP contribution in [0.3, 0.4) is 0 Å². The Labute approximate surface area is 190 Å². The third kappa shape index (κ3) is 5.31. The van der Waals surface area contributed by atoms with E-state index < -0.39 is 0 Å². The molecule has 3 heterocycles. The first-order valence-electron chi connectivity index (χ1n) is 10.2. The summed E-state index contributed by atoms with van der Waals surface area (Å²) in [7, 11) is 1.54. The van der Waals surface area contributed by atoms with Gasteiger partial charge in [-0.15, -0.1) is 11.3 Å². The number of piperidine rings is 1. The number of nitrogens with one attached hydrogen (secondary N) is 1. The molecule has 0 spiro atoms. The molecule has 1 fully saturated rings. The summed E-state index contributed by atoms with van der Waals surface area (Å²) in [4.78, 5) is 35.3. The highest BCUT2D eigenvalue weighted by Gasteiger charge is 2.25. The molecule has 162 valence electrons. The summed E-state index contributed by atoms with van der Waals surface area (Å²) in [6.45, 7) is 1.26. The molecule has 8 heteroatoms. The van der Waals surface area contributed by atoms with E-state index in [9.17, 15) is 9.59 Å². The van der Waals surface area contributed by atoms with E-state index in [0.717, 1.165) is 23.4 Å². The zero-order chi connectivity index (χ0) is 22.3. The van der Waals surface area contributed by atoms with E-state index in [1.54, 1.807) is 22.4 Å². The van der Waals surface area contributed by atoms with E-state index in [1.807, 2.05) is 30.3 Å². The van der Waals surface area contributed by atoms with E-state index >= 15 is 0 Å². The number of carbonyl (C=O) groups is 2. The van der Waals surface area contributed by atoms with Crippen molar-refractivity contribution in [1.29, 1.82) is 0 Å². The van der Waals surface area contributed by atoms with Gasteiger partial charge in [0.15, 0.2) is 0 Å². The van der Waals surface area contributed by atoms with Crippen LogP contribution in [0.4, 0.5) is 5.69 Å². The van der Waals surface area contributed by atoms with Gasteiger partial charge >= 0.3 is 0 Å². The van der Waals surface area contributed by atoms with Gasteiger partial charge in [0.1, 0.15) is 5.69 Å². The molecule has 32 heavy (non-hydrogen) atoms. The second-order valence-electron chi connectivity index (χ2n) is 7.30. The van der Waals surface area contributed by atoms with E-state index in [0.29, 0.717) is 30.4 Å².